The fourth-order valence-electron chi connectivity index (χ4n) is 0.470. The van der Waals surface area contributed by atoms with Gasteiger partial charge in [0.1, 0.15) is 0 Å². The van der Waals surface area contributed by atoms with Gasteiger partial charge in [-0.1, -0.05) is 18.7 Å². The largest absolute Gasteiger partial charge is 0.101 e. The van der Waals surface area contributed by atoms with Crippen LogP contribution in [-0.2, 0) is 0 Å². The van der Waals surface area contributed by atoms with Gasteiger partial charge in [0.25, 0.3) is 0 Å². The molecule has 0 unspecified atom stereocenters. The molecule has 0 aromatic carbocycles. The van der Waals surface area contributed by atoms with E-state index in [4.69, 9.17) is 0 Å². The summed E-state index contributed by atoms with van der Waals surface area (Å²) in [6.45, 7) is 3.67. The Morgan fingerprint density at radius 2 is 1.86 bits per heavy atom. The standard InChI is InChI=1S/C6H7P/c1-2-7-5-3-4-6-7/h2-6H,1H2. The van der Waals surface area contributed by atoms with E-state index in [1.54, 1.807) is 0 Å². The molecule has 7 heavy (non-hydrogen) atoms. The maximum Gasteiger partial charge on any atom is -0.0386 e. The van der Waals surface area contributed by atoms with Crippen molar-refractivity contribution in [1.29, 1.82) is 0 Å². The summed E-state index contributed by atoms with van der Waals surface area (Å²) >= 11 is 0. The highest BCUT2D eigenvalue weighted by Crippen LogP contribution is 2.27. The molecule has 0 saturated heterocycles. The summed E-state index contributed by atoms with van der Waals surface area (Å²) in [5.74, 6) is 6.32. The molecule has 36 valence electrons. The molecular formula is C6H7P. The maximum atomic E-state index is 3.67. The van der Waals surface area contributed by atoms with Crippen LogP contribution in [0.3, 0.4) is 0 Å². The van der Waals surface area contributed by atoms with E-state index in [1.165, 1.54) is 0 Å². The highest BCUT2D eigenvalue weighted by atomic mass is 31.1. The Kier molecular flexibility index (Phi) is 1.33. The van der Waals surface area contributed by atoms with Crippen LogP contribution in [0, 0.1) is 0 Å². The summed E-state index contributed by atoms with van der Waals surface area (Å²) in [6.07, 6.45) is 0. The first-order valence-electron chi connectivity index (χ1n) is 2.18. The molecule has 1 rings (SSSR count). The average molecular weight is 110 g/mol. The van der Waals surface area contributed by atoms with E-state index in [-0.39, 0.29) is 7.53 Å². The Hall–Kier alpha value is -0.480. The van der Waals surface area contributed by atoms with E-state index in [0.29, 0.717) is 0 Å². The fraction of sp³-hybridized carbons (Fsp3) is 0. The van der Waals surface area contributed by atoms with E-state index in [0.717, 1.165) is 0 Å². The maximum absolute atomic E-state index is 3.67. The summed E-state index contributed by atoms with van der Waals surface area (Å²) in [5, 5.41) is 0. The fourth-order valence-corrected chi connectivity index (χ4v) is 1.41. The zero-order valence-corrected chi connectivity index (χ0v) is 4.94. The van der Waals surface area contributed by atoms with Gasteiger partial charge in [-0.3, -0.25) is 0 Å². The van der Waals surface area contributed by atoms with Crippen molar-refractivity contribution in [1.82, 2.24) is 0 Å². The molecule has 0 aliphatic carbocycles. The van der Waals surface area contributed by atoms with E-state index in [2.05, 4.69) is 30.3 Å². The molecule has 0 atom stereocenters. The third-order valence-corrected chi connectivity index (χ3v) is 2.29. The van der Waals surface area contributed by atoms with Gasteiger partial charge in [0.2, 0.25) is 0 Å². The van der Waals surface area contributed by atoms with Crippen molar-refractivity contribution in [2.24, 2.45) is 0 Å². The van der Waals surface area contributed by atoms with Crippen molar-refractivity contribution in [2.45, 2.75) is 0 Å². The Labute approximate surface area is 44.5 Å². The molecule has 0 N–H and O–H groups in total. The van der Waals surface area contributed by atoms with Gasteiger partial charge in [0, 0.05) is 0 Å². The lowest BCUT2D eigenvalue weighted by Crippen LogP contribution is -1.24. The van der Waals surface area contributed by atoms with Gasteiger partial charge in [-0.05, 0) is 17.4 Å². The van der Waals surface area contributed by atoms with Gasteiger partial charge in [-0.2, -0.15) is 0 Å². The molecule has 0 saturated carbocycles. The molecule has 0 spiro atoms. The van der Waals surface area contributed by atoms with Crippen LogP contribution < -0.4 is 0 Å². The lowest BCUT2D eigenvalue weighted by Gasteiger charge is -1.74. The van der Waals surface area contributed by atoms with Crippen molar-refractivity contribution >= 4 is 13.4 Å². The summed E-state index contributed by atoms with van der Waals surface area (Å²) in [6, 6.07) is 4.13. The first kappa shape index (κ1) is 4.67. The van der Waals surface area contributed by atoms with Crippen molar-refractivity contribution in [2.75, 3.05) is 0 Å². The number of rotatable bonds is 1. The van der Waals surface area contributed by atoms with Crippen molar-refractivity contribution in [3.05, 3.63) is 30.3 Å². The van der Waals surface area contributed by atoms with Gasteiger partial charge in [0.05, 0.1) is 0 Å². The minimum absolute atomic E-state index is 0.0401. The molecule has 1 aromatic rings. The minimum atomic E-state index is -0.0401. The van der Waals surface area contributed by atoms with Crippen LogP contribution in [-0.4, -0.2) is 0 Å². The first-order valence-corrected chi connectivity index (χ1v) is 3.73. The predicted octanol–water partition coefficient (Wildman–Crippen LogP) is 2.77. The molecule has 0 nitrogen and oxygen atoms in total. The van der Waals surface area contributed by atoms with Gasteiger partial charge < -0.3 is 0 Å². The SMILES string of the molecule is C=Cp1cccc1. The molecule has 0 radical (unpaired) electrons. The Bertz CT molecular complexity index is 139. The lowest BCUT2D eigenvalue weighted by molar-refractivity contribution is 2.03. The molecule has 1 heterocycles. The van der Waals surface area contributed by atoms with Crippen molar-refractivity contribution in [3.8, 4) is 0 Å². The second kappa shape index (κ2) is 1.99. The average Bonchev–Trinajstić information content (AvgIpc) is 2.14. The highest BCUT2D eigenvalue weighted by Gasteiger charge is 1.75. The lowest BCUT2D eigenvalue weighted by atomic mass is 10.7. The Balaban J connectivity index is 2.96. The first-order chi connectivity index (χ1) is 3.43. The van der Waals surface area contributed by atoms with Gasteiger partial charge >= 0.3 is 0 Å². The molecular weight excluding hydrogens is 103 g/mol. The molecule has 0 aliphatic rings. The van der Waals surface area contributed by atoms with Crippen LogP contribution in [0.5, 0.6) is 0 Å². The summed E-state index contributed by atoms with van der Waals surface area (Å²) in [7, 11) is -0.0401. The van der Waals surface area contributed by atoms with Crippen molar-refractivity contribution in [3.63, 3.8) is 0 Å². The molecule has 1 aromatic heterocycles. The van der Waals surface area contributed by atoms with E-state index >= 15 is 0 Å². The normalized spacial score (nSPS) is 8.57. The summed E-state index contributed by atoms with van der Waals surface area (Å²) in [4.78, 5) is 0. The highest BCUT2D eigenvalue weighted by molar-refractivity contribution is 7.57. The monoisotopic (exact) mass is 110 g/mol. The van der Waals surface area contributed by atoms with Crippen LogP contribution in [0.1, 0.15) is 0 Å². The van der Waals surface area contributed by atoms with Crippen LogP contribution in [0.2, 0.25) is 0 Å². The topological polar surface area (TPSA) is 0 Å². The Morgan fingerprint density at radius 3 is 2.14 bits per heavy atom. The van der Waals surface area contributed by atoms with Gasteiger partial charge in [0.15, 0.2) is 0 Å². The van der Waals surface area contributed by atoms with Crippen molar-refractivity contribution < 1.29 is 0 Å². The summed E-state index contributed by atoms with van der Waals surface area (Å²) in [5.41, 5.74) is 0. The van der Waals surface area contributed by atoms with E-state index < -0.39 is 0 Å². The van der Waals surface area contributed by atoms with E-state index in [1.807, 2.05) is 5.82 Å². The van der Waals surface area contributed by atoms with Gasteiger partial charge in [-0.25, -0.2) is 0 Å². The second-order valence-corrected chi connectivity index (χ2v) is 3.17. The summed E-state index contributed by atoms with van der Waals surface area (Å²) < 4.78 is 0. The molecule has 0 bridgehead atoms. The Morgan fingerprint density at radius 1 is 1.29 bits per heavy atom. The molecule has 0 amide bonds. The van der Waals surface area contributed by atoms with E-state index in [9.17, 15) is 0 Å². The van der Waals surface area contributed by atoms with Crippen LogP contribution in [0.15, 0.2) is 30.3 Å². The third kappa shape index (κ3) is 0.942. The quantitative estimate of drug-likeness (QED) is 0.521. The predicted molar refractivity (Wildman–Crippen MR) is 35.5 cm³/mol. The molecule has 0 fully saturated rings. The zero-order valence-electron chi connectivity index (χ0n) is 4.04. The molecule has 0 aliphatic heterocycles. The van der Waals surface area contributed by atoms with Crippen LogP contribution in [0.4, 0.5) is 0 Å². The number of hydrogen-bond acceptors (Lipinski definition) is 0. The zero-order chi connectivity index (χ0) is 5.11. The number of hydrogen-bond donors (Lipinski definition) is 0. The molecule has 1 heteroatoms. The third-order valence-electron chi connectivity index (χ3n) is 0.838. The van der Waals surface area contributed by atoms with Crippen LogP contribution in [0.25, 0.3) is 5.82 Å². The van der Waals surface area contributed by atoms with Gasteiger partial charge in [-0.15, -0.1) is 7.53 Å². The minimum Gasteiger partial charge on any atom is -0.101 e. The van der Waals surface area contributed by atoms with Crippen LogP contribution >= 0.6 is 7.53 Å². The smallest absolute Gasteiger partial charge is 0.0386 e. The second-order valence-electron chi connectivity index (χ2n) is 1.31.